The molecule has 0 aliphatic carbocycles. The highest BCUT2D eigenvalue weighted by Crippen LogP contribution is 2.28. The van der Waals surface area contributed by atoms with Gasteiger partial charge in [-0.25, -0.2) is 0 Å². The lowest BCUT2D eigenvalue weighted by atomic mass is 10.3. The van der Waals surface area contributed by atoms with Crippen molar-refractivity contribution in [2.24, 2.45) is 0 Å². The lowest BCUT2D eigenvalue weighted by Gasteiger charge is -2.17. The third-order valence-electron chi connectivity index (χ3n) is 3.64. The fraction of sp³-hybridized carbons (Fsp3) is 0.222. The molecular formula is C18H18ClN3O6. The van der Waals surface area contributed by atoms with Crippen LogP contribution in [0.25, 0.3) is 0 Å². The number of nitrogens with zero attached hydrogens (tertiary/aromatic N) is 2. The van der Waals surface area contributed by atoms with Crippen LogP contribution in [-0.2, 0) is 9.59 Å². The molecule has 0 radical (unpaired) electrons. The van der Waals surface area contributed by atoms with E-state index >= 15 is 0 Å². The predicted octanol–water partition coefficient (Wildman–Crippen LogP) is 2.73. The van der Waals surface area contributed by atoms with Crippen molar-refractivity contribution < 1.29 is 24.0 Å². The summed E-state index contributed by atoms with van der Waals surface area (Å²) in [6, 6.07) is 10.5. The second-order valence-corrected chi connectivity index (χ2v) is 6.10. The van der Waals surface area contributed by atoms with Crippen LogP contribution in [0.3, 0.4) is 0 Å². The highest BCUT2D eigenvalue weighted by Gasteiger charge is 2.16. The highest BCUT2D eigenvalue weighted by molar-refractivity contribution is 6.32. The van der Waals surface area contributed by atoms with Gasteiger partial charge in [0.15, 0.2) is 6.61 Å². The minimum atomic E-state index is -0.588. The first kappa shape index (κ1) is 21.0. The number of non-ortho nitro benzene ring substituents is 1. The summed E-state index contributed by atoms with van der Waals surface area (Å²) in [4.78, 5) is 35.5. The number of hydrogen-bond acceptors (Lipinski definition) is 6. The summed E-state index contributed by atoms with van der Waals surface area (Å²) >= 11 is 5.91. The van der Waals surface area contributed by atoms with E-state index in [2.05, 4.69) is 5.32 Å². The fourth-order valence-corrected chi connectivity index (χ4v) is 2.40. The SMILES string of the molecule is COc1cccc(NC(=O)CN(C)C(=O)COc2ccc([N+](=O)[O-])cc2Cl)c1. The molecule has 0 bridgehead atoms. The zero-order valence-electron chi connectivity index (χ0n) is 15.2. The zero-order chi connectivity index (χ0) is 20.7. The number of nitro groups is 1. The van der Waals surface area contributed by atoms with Crippen molar-refractivity contribution in [2.45, 2.75) is 0 Å². The standard InChI is InChI=1S/C18H18ClN3O6/c1-21(10-17(23)20-12-4-3-5-14(8-12)27-2)18(24)11-28-16-7-6-13(22(25)26)9-15(16)19/h3-9H,10-11H2,1-2H3,(H,20,23). The molecule has 2 aromatic carbocycles. The van der Waals surface area contributed by atoms with Gasteiger partial charge in [-0.05, 0) is 18.2 Å². The van der Waals surface area contributed by atoms with Gasteiger partial charge in [0, 0.05) is 30.9 Å². The zero-order valence-corrected chi connectivity index (χ0v) is 15.9. The first-order chi connectivity index (χ1) is 13.3. The highest BCUT2D eigenvalue weighted by atomic mass is 35.5. The Labute approximate surface area is 165 Å². The van der Waals surface area contributed by atoms with Gasteiger partial charge in [-0.2, -0.15) is 0 Å². The van der Waals surface area contributed by atoms with Crippen LogP contribution in [0.1, 0.15) is 0 Å². The molecule has 0 heterocycles. The number of benzene rings is 2. The number of anilines is 1. The lowest BCUT2D eigenvalue weighted by Crippen LogP contribution is -2.37. The van der Waals surface area contributed by atoms with Gasteiger partial charge in [0.2, 0.25) is 5.91 Å². The molecule has 1 N–H and O–H groups in total. The number of carbonyl (C=O) groups excluding carboxylic acids is 2. The van der Waals surface area contributed by atoms with E-state index in [1.165, 1.54) is 31.2 Å². The summed E-state index contributed by atoms with van der Waals surface area (Å²) in [6.45, 7) is -0.562. The topological polar surface area (TPSA) is 111 Å². The van der Waals surface area contributed by atoms with Gasteiger partial charge in [0.05, 0.1) is 23.6 Å². The quantitative estimate of drug-likeness (QED) is 0.532. The Hall–Kier alpha value is -3.33. The second kappa shape index (κ2) is 9.56. The number of methoxy groups -OCH3 is 1. The predicted molar refractivity (Wildman–Crippen MR) is 103 cm³/mol. The fourth-order valence-electron chi connectivity index (χ4n) is 2.17. The largest absolute Gasteiger partial charge is 0.497 e. The molecule has 0 atom stereocenters. The summed E-state index contributed by atoms with van der Waals surface area (Å²) in [5.41, 5.74) is 0.356. The monoisotopic (exact) mass is 407 g/mol. The van der Waals surface area contributed by atoms with Crippen molar-refractivity contribution in [1.29, 1.82) is 0 Å². The molecule has 0 aliphatic heterocycles. The van der Waals surface area contributed by atoms with Gasteiger partial charge >= 0.3 is 0 Å². The number of halogens is 1. The summed E-state index contributed by atoms with van der Waals surface area (Å²) in [6.07, 6.45) is 0. The van der Waals surface area contributed by atoms with Gasteiger partial charge < -0.3 is 19.7 Å². The van der Waals surface area contributed by atoms with E-state index in [1.54, 1.807) is 24.3 Å². The smallest absolute Gasteiger partial charge is 0.271 e. The van der Waals surface area contributed by atoms with E-state index in [0.717, 1.165) is 6.07 Å². The van der Waals surface area contributed by atoms with Crippen LogP contribution in [0.4, 0.5) is 11.4 Å². The van der Waals surface area contributed by atoms with Gasteiger partial charge in [-0.3, -0.25) is 19.7 Å². The molecule has 0 aliphatic rings. The van der Waals surface area contributed by atoms with Crippen molar-refractivity contribution in [3.05, 3.63) is 57.6 Å². The van der Waals surface area contributed by atoms with Gasteiger partial charge in [0.1, 0.15) is 11.5 Å². The molecule has 0 fully saturated rings. The Balaban J connectivity index is 1.86. The van der Waals surface area contributed by atoms with Crippen molar-refractivity contribution in [1.82, 2.24) is 4.90 Å². The molecule has 10 heteroatoms. The minimum absolute atomic E-state index is 0.0143. The minimum Gasteiger partial charge on any atom is -0.497 e. The molecule has 2 rings (SSSR count). The summed E-state index contributed by atoms with van der Waals surface area (Å²) in [5.74, 6) is -0.127. The van der Waals surface area contributed by atoms with E-state index in [9.17, 15) is 19.7 Å². The van der Waals surface area contributed by atoms with E-state index in [-0.39, 0.29) is 29.6 Å². The molecule has 2 amide bonds. The maximum absolute atomic E-state index is 12.1. The Morgan fingerprint density at radius 3 is 2.64 bits per heavy atom. The van der Waals surface area contributed by atoms with Crippen molar-refractivity contribution in [3.63, 3.8) is 0 Å². The first-order valence-electron chi connectivity index (χ1n) is 8.04. The molecule has 0 saturated heterocycles. The molecule has 0 aromatic heterocycles. The van der Waals surface area contributed by atoms with Crippen LogP contribution in [0.15, 0.2) is 42.5 Å². The summed E-state index contributed by atoms with van der Waals surface area (Å²) in [5, 5.41) is 13.4. The van der Waals surface area contributed by atoms with Crippen LogP contribution >= 0.6 is 11.6 Å². The molecule has 9 nitrogen and oxygen atoms in total. The Morgan fingerprint density at radius 1 is 1.25 bits per heavy atom. The number of nitrogens with one attached hydrogen (secondary N) is 1. The lowest BCUT2D eigenvalue weighted by molar-refractivity contribution is -0.384. The van der Waals surface area contributed by atoms with Crippen LogP contribution < -0.4 is 14.8 Å². The van der Waals surface area contributed by atoms with E-state index in [1.807, 2.05) is 0 Å². The third kappa shape index (κ3) is 5.85. The average molecular weight is 408 g/mol. The molecule has 0 unspecified atom stereocenters. The van der Waals surface area contributed by atoms with Gasteiger partial charge in [0.25, 0.3) is 11.6 Å². The van der Waals surface area contributed by atoms with Crippen LogP contribution in [0, 0.1) is 10.1 Å². The number of likely N-dealkylation sites (N-methyl/N-ethyl adjacent to an activating group) is 1. The average Bonchev–Trinajstić information content (AvgIpc) is 2.66. The summed E-state index contributed by atoms with van der Waals surface area (Å²) < 4.78 is 10.4. The van der Waals surface area contributed by atoms with Gasteiger partial charge in [-0.1, -0.05) is 17.7 Å². The number of ether oxygens (including phenoxy) is 2. The molecule has 148 valence electrons. The molecule has 2 aromatic rings. The number of nitro benzene ring substituents is 1. The third-order valence-corrected chi connectivity index (χ3v) is 3.93. The van der Waals surface area contributed by atoms with E-state index < -0.39 is 16.7 Å². The maximum atomic E-state index is 12.1. The van der Waals surface area contributed by atoms with Crippen LogP contribution in [0.5, 0.6) is 11.5 Å². The molecular weight excluding hydrogens is 390 g/mol. The van der Waals surface area contributed by atoms with Crippen molar-refractivity contribution >= 4 is 34.8 Å². The normalized spacial score (nSPS) is 10.1. The first-order valence-corrected chi connectivity index (χ1v) is 8.42. The second-order valence-electron chi connectivity index (χ2n) is 5.69. The van der Waals surface area contributed by atoms with E-state index in [0.29, 0.717) is 11.4 Å². The molecule has 28 heavy (non-hydrogen) atoms. The van der Waals surface area contributed by atoms with Crippen molar-refractivity contribution in [3.8, 4) is 11.5 Å². The Kier molecular flexibility index (Phi) is 7.16. The molecule has 0 spiro atoms. The number of carbonyl (C=O) groups is 2. The van der Waals surface area contributed by atoms with Crippen molar-refractivity contribution in [2.75, 3.05) is 32.6 Å². The van der Waals surface area contributed by atoms with Crippen LogP contribution in [-0.4, -0.2) is 48.9 Å². The Bertz CT molecular complexity index is 889. The Morgan fingerprint density at radius 2 is 2.00 bits per heavy atom. The van der Waals surface area contributed by atoms with Gasteiger partial charge in [-0.15, -0.1) is 0 Å². The number of rotatable bonds is 8. The number of amides is 2. The summed E-state index contributed by atoms with van der Waals surface area (Å²) in [7, 11) is 2.97. The van der Waals surface area contributed by atoms with Crippen LogP contribution in [0.2, 0.25) is 5.02 Å². The number of hydrogen-bond donors (Lipinski definition) is 1. The van der Waals surface area contributed by atoms with E-state index in [4.69, 9.17) is 21.1 Å². The maximum Gasteiger partial charge on any atom is 0.271 e. The molecule has 0 saturated carbocycles.